The van der Waals surface area contributed by atoms with E-state index in [0.717, 1.165) is 42.0 Å². The first-order chi connectivity index (χ1) is 13.8. The summed E-state index contributed by atoms with van der Waals surface area (Å²) in [6.45, 7) is 11.7. The first-order valence-corrected chi connectivity index (χ1v) is 10.1. The van der Waals surface area contributed by atoms with Crippen molar-refractivity contribution < 1.29 is 9.53 Å². The molecule has 1 saturated heterocycles. The molecule has 0 spiro atoms. The molecular formula is C21H32N6O2. The van der Waals surface area contributed by atoms with E-state index in [2.05, 4.69) is 32.4 Å². The molecule has 0 unspecified atom stereocenters. The lowest BCUT2D eigenvalue weighted by atomic mass is 10.2. The number of carbonyl (C=O) groups is 1. The number of para-hydroxylation sites is 1. The Morgan fingerprint density at radius 1 is 1.21 bits per heavy atom. The molecule has 1 aliphatic heterocycles. The summed E-state index contributed by atoms with van der Waals surface area (Å²) in [7, 11) is 1.89. The molecule has 3 rings (SSSR count). The number of carbonyl (C=O) groups excluding carboxylic acids is 1. The van der Waals surface area contributed by atoms with Gasteiger partial charge in [0.05, 0.1) is 11.2 Å². The largest absolute Gasteiger partial charge is 0.444 e. The number of nitrogens with one attached hydrogen (secondary N) is 2. The van der Waals surface area contributed by atoms with Crippen molar-refractivity contribution in [2.75, 3.05) is 50.4 Å². The molecular weight excluding hydrogens is 368 g/mol. The van der Waals surface area contributed by atoms with Crippen molar-refractivity contribution in [1.29, 1.82) is 0 Å². The third-order valence-corrected chi connectivity index (χ3v) is 4.87. The van der Waals surface area contributed by atoms with Gasteiger partial charge in [-0.1, -0.05) is 6.07 Å². The Hall–Kier alpha value is -2.61. The summed E-state index contributed by atoms with van der Waals surface area (Å²) in [5.41, 5.74) is 1.43. The second kappa shape index (κ2) is 8.82. The minimum Gasteiger partial charge on any atom is -0.444 e. The molecule has 8 nitrogen and oxygen atoms in total. The Kier molecular flexibility index (Phi) is 6.42. The van der Waals surface area contributed by atoms with Gasteiger partial charge in [0.2, 0.25) is 0 Å². The molecule has 1 aromatic carbocycles. The molecule has 0 saturated carbocycles. The summed E-state index contributed by atoms with van der Waals surface area (Å²) in [5.74, 6) is 0.840. The maximum absolute atomic E-state index is 12.2. The van der Waals surface area contributed by atoms with Crippen LogP contribution in [0.5, 0.6) is 0 Å². The Morgan fingerprint density at radius 3 is 2.59 bits per heavy atom. The molecule has 0 bridgehead atoms. The van der Waals surface area contributed by atoms with Crippen LogP contribution in [0.1, 0.15) is 27.7 Å². The van der Waals surface area contributed by atoms with Gasteiger partial charge in [0.1, 0.15) is 17.7 Å². The summed E-state index contributed by atoms with van der Waals surface area (Å²) in [6.07, 6.45) is 1.37. The van der Waals surface area contributed by atoms with Crippen LogP contribution in [-0.2, 0) is 4.74 Å². The molecule has 1 aromatic heterocycles. The Labute approximate surface area is 172 Å². The molecule has 29 heavy (non-hydrogen) atoms. The topological polar surface area (TPSA) is 82.6 Å². The molecule has 2 aromatic rings. The van der Waals surface area contributed by atoms with Gasteiger partial charge in [0.15, 0.2) is 0 Å². The molecule has 1 amide bonds. The average Bonchev–Trinajstić information content (AvgIpc) is 2.67. The lowest BCUT2D eigenvalue weighted by Crippen LogP contribution is -2.51. The highest BCUT2D eigenvalue weighted by atomic mass is 16.6. The van der Waals surface area contributed by atoms with Crippen LogP contribution in [0, 0.1) is 0 Å². The number of fused-ring (bicyclic) bond motifs is 1. The van der Waals surface area contributed by atoms with Gasteiger partial charge in [0.25, 0.3) is 0 Å². The van der Waals surface area contributed by atoms with Gasteiger partial charge in [-0.05, 0) is 39.8 Å². The molecule has 2 N–H and O–H groups in total. The van der Waals surface area contributed by atoms with Crippen LogP contribution in [0.2, 0.25) is 0 Å². The third kappa shape index (κ3) is 5.47. The van der Waals surface area contributed by atoms with Gasteiger partial charge in [-0.2, -0.15) is 0 Å². The van der Waals surface area contributed by atoms with Gasteiger partial charge in [-0.15, -0.1) is 0 Å². The molecule has 2 heterocycles. The number of rotatable bonds is 5. The molecule has 0 aliphatic carbocycles. The van der Waals surface area contributed by atoms with E-state index < -0.39 is 5.60 Å². The monoisotopic (exact) mass is 400 g/mol. The van der Waals surface area contributed by atoms with E-state index in [-0.39, 0.29) is 12.1 Å². The summed E-state index contributed by atoms with van der Waals surface area (Å²) < 4.78 is 5.47. The predicted octanol–water partition coefficient (Wildman–Crippen LogP) is 3.02. The van der Waals surface area contributed by atoms with Crippen molar-refractivity contribution in [2.24, 2.45) is 0 Å². The zero-order valence-electron chi connectivity index (χ0n) is 18.0. The number of nitrogens with zero attached hydrogens (tertiary/aromatic N) is 4. The van der Waals surface area contributed by atoms with E-state index in [1.807, 2.05) is 46.0 Å². The SMILES string of the molecule is CNc1cccc2c(N[C@@H](C)CN3CCN(C(=O)OC(C)(C)C)CC3)ncnc12. The molecule has 0 radical (unpaired) electrons. The highest BCUT2D eigenvalue weighted by molar-refractivity contribution is 5.96. The van der Waals surface area contributed by atoms with E-state index in [1.165, 1.54) is 0 Å². The number of anilines is 2. The third-order valence-electron chi connectivity index (χ3n) is 4.87. The van der Waals surface area contributed by atoms with Crippen molar-refractivity contribution in [3.05, 3.63) is 24.5 Å². The van der Waals surface area contributed by atoms with Crippen molar-refractivity contribution >= 4 is 28.5 Å². The van der Waals surface area contributed by atoms with Crippen LogP contribution in [-0.4, -0.2) is 77.3 Å². The zero-order valence-corrected chi connectivity index (χ0v) is 18.0. The van der Waals surface area contributed by atoms with Crippen LogP contribution in [0.25, 0.3) is 10.9 Å². The van der Waals surface area contributed by atoms with Crippen molar-refractivity contribution in [3.8, 4) is 0 Å². The highest BCUT2D eigenvalue weighted by Crippen LogP contribution is 2.25. The number of hydrogen-bond donors (Lipinski definition) is 2. The minimum absolute atomic E-state index is 0.208. The lowest BCUT2D eigenvalue weighted by molar-refractivity contribution is 0.0144. The summed E-state index contributed by atoms with van der Waals surface area (Å²) >= 11 is 0. The predicted molar refractivity (Wildman–Crippen MR) is 116 cm³/mol. The minimum atomic E-state index is -0.458. The fourth-order valence-corrected chi connectivity index (χ4v) is 3.51. The lowest BCUT2D eigenvalue weighted by Gasteiger charge is -2.36. The second-order valence-corrected chi connectivity index (χ2v) is 8.49. The van der Waals surface area contributed by atoms with E-state index in [9.17, 15) is 4.79 Å². The smallest absolute Gasteiger partial charge is 0.410 e. The summed E-state index contributed by atoms with van der Waals surface area (Å²) in [4.78, 5) is 25.2. The fraction of sp³-hybridized carbons (Fsp3) is 0.571. The van der Waals surface area contributed by atoms with Gasteiger partial charge in [0, 0.05) is 51.2 Å². The van der Waals surface area contributed by atoms with Crippen molar-refractivity contribution in [2.45, 2.75) is 39.3 Å². The normalized spacial score (nSPS) is 16.5. The Balaban J connectivity index is 1.55. The number of amides is 1. The fourth-order valence-electron chi connectivity index (χ4n) is 3.51. The molecule has 8 heteroatoms. The van der Waals surface area contributed by atoms with E-state index in [4.69, 9.17) is 4.74 Å². The average molecular weight is 401 g/mol. The Bertz CT molecular complexity index is 843. The van der Waals surface area contributed by atoms with E-state index in [0.29, 0.717) is 13.1 Å². The number of ether oxygens (including phenoxy) is 1. The van der Waals surface area contributed by atoms with Crippen molar-refractivity contribution in [1.82, 2.24) is 19.8 Å². The second-order valence-electron chi connectivity index (χ2n) is 8.49. The maximum Gasteiger partial charge on any atom is 0.410 e. The van der Waals surface area contributed by atoms with Gasteiger partial charge in [-0.3, -0.25) is 4.90 Å². The highest BCUT2D eigenvalue weighted by Gasteiger charge is 2.26. The number of hydrogen-bond acceptors (Lipinski definition) is 7. The molecule has 1 aliphatic rings. The number of piperazine rings is 1. The van der Waals surface area contributed by atoms with Gasteiger partial charge >= 0.3 is 6.09 Å². The van der Waals surface area contributed by atoms with Crippen LogP contribution in [0.3, 0.4) is 0 Å². The first-order valence-electron chi connectivity index (χ1n) is 10.1. The van der Waals surface area contributed by atoms with E-state index in [1.54, 1.807) is 11.2 Å². The summed E-state index contributed by atoms with van der Waals surface area (Å²) in [5, 5.41) is 7.70. The standard InChI is InChI=1S/C21H32N6O2/c1-15(13-26-9-11-27(12-10-26)20(28)29-21(2,3)4)25-19-16-7-6-8-17(22-5)18(16)23-14-24-19/h6-8,14-15,22H,9-13H2,1-5H3,(H,23,24,25)/t15-/m0/s1. The van der Waals surface area contributed by atoms with E-state index >= 15 is 0 Å². The van der Waals surface area contributed by atoms with Gasteiger partial charge < -0.3 is 20.3 Å². The first kappa shape index (κ1) is 21.1. The Morgan fingerprint density at radius 2 is 1.93 bits per heavy atom. The van der Waals surface area contributed by atoms with Crippen LogP contribution < -0.4 is 10.6 Å². The van der Waals surface area contributed by atoms with Crippen LogP contribution >= 0.6 is 0 Å². The molecule has 158 valence electrons. The maximum atomic E-state index is 12.2. The summed E-state index contributed by atoms with van der Waals surface area (Å²) in [6, 6.07) is 6.25. The number of aromatic nitrogens is 2. The molecule has 1 atom stereocenters. The zero-order chi connectivity index (χ0) is 21.0. The molecule has 1 fully saturated rings. The number of benzene rings is 1. The van der Waals surface area contributed by atoms with Crippen LogP contribution in [0.4, 0.5) is 16.3 Å². The van der Waals surface area contributed by atoms with Crippen molar-refractivity contribution in [3.63, 3.8) is 0 Å². The van der Waals surface area contributed by atoms with Gasteiger partial charge in [-0.25, -0.2) is 14.8 Å². The van der Waals surface area contributed by atoms with Crippen LogP contribution in [0.15, 0.2) is 24.5 Å². The quantitative estimate of drug-likeness (QED) is 0.798.